The molecule has 1 amide bonds. The van der Waals surface area contributed by atoms with Gasteiger partial charge in [0.2, 0.25) is 5.69 Å². The van der Waals surface area contributed by atoms with Crippen LogP contribution in [0, 0.1) is 11.0 Å². The molecule has 0 spiro atoms. The van der Waals surface area contributed by atoms with Crippen molar-refractivity contribution in [3.05, 3.63) is 131 Å². The Bertz CT molecular complexity index is 2090. The van der Waals surface area contributed by atoms with E-state index in [-0.39, 0.29) is 46.2 Å². The number of halogens is 5. The molecular formula is C32H24ClF4N9O3. The molecule has 250 valence electrons. The maximum Gasteiger partial charge on any atom is 0.433 e. The van der Waals surface area contributed by atoms with Crippen LogP contribution in [0.2, 0.25) is 5.02 Å². The first-order valence-corrected chi connectivity index (χ1v) is 14.8. The Morgan fingerprint density at radius 3 is 2.59 bits per heavy atom. The summed E-state index contributed by atoms with van der Waals surface area (Å²) in [7, 11) is 1.46. The second kappa shape index (κ2) is 13.7. The van der Waals surface area contributed by atoms with Crippen LogP contribution < -0.4 is 4.73 Å². The van der Waals surface area contributed by atoms with E-state index in [9.17, 15) is 23.2 Å². The van der Waals surface area contributed by atoms with E-state index in [1.54, 1.807) is 24.3 Å². The van der Waals surface area contributed by atoms with Gasteiger partial charge in [-0.05, 0) is 51.9 Å². The number of likely N-dealkylation sites (N-methyl/N-ethyl adjacent to an activating group) is 1. The molecule has 1 atom stereocenters. The number of alkyl halides is 3. The zero-order valence-electron chi connectivity index (χ0n) is 25.4. The summed E-state index contributed by atoms with van der Waals surface area (Å²) >= 11 is 6.09. The minimum atomic E-state index is -4.67. The Kier molecular flexibility index (Phi) is 9.22. The van der Waals surface area contributed by atoms with E-state index in [4.69, 9.17) is 16.3 Å². The molecule has 6 aromatic rings. The maximum atomic E-state index is 15.4. The molecule has 0 aliphatic rings. The average Bonchev–Trinajstić information content (AvgIpc) is 3.81. The van der Waals surface area contributed by atoms with Crippen LogP contribution in [0.4, 0.5) is 22.4 Å². The van der Waals surface area contributed by atoms with E-state index in [0.29, 0.717) is 10.3 Å². The van der Waals surface area contributed by atoms with Gasteiger partial charge in [-0.25, -0.2) is 9.18 Å². The number of carbonyl (C=O) groups is 1. The van der Waals surface area contributed by atoms with Gasteiger partial charge in [0.05, 0.1) is 34.6 Å². The smallest absolute Gasteiger partial charge is 0.433 e. The Labute approximate surface area is 280 Å². The van der Waals surface area contributed by atoms with E-state index in [1.807, 2.05) is 6.07 Å². The summed E-state index contributed by atoms with van der Waals surface area (Å²) in [6.07, 6.45) is 0.827. The van der Waals surface area contributed by atoms with Crippen molar-refractivity contribution in [2.75, 3.05) is 13.6 Å². The number of benzene rings is 2. The molecule has 0 aliphatic carbocycles. The Balaban J connectivity index is 1.36. The minimum Gasteiger partial charge on any atom is -0.618 e. The van der Waals surface area contributed by atoms with Crippen molar-refractivity contribution >= 4 is 17.7 Å². The monoisotopic (exact) mass is 693 g/mol. The van der Waals surface area contributed by atoms with Gasteiger partial charge < -0.3 is 14.8 Å². The van der Waals surface area contributed by atoms with Gasteiger partial charge >= 0.3 is 12.3 Å². The van der Waals surface area contributed by atoms with Crippen LogP contribution in [0.5, 0.6) is 0 Å². The van der Waals surface area contributed by atoms with E-state index < -0.39 is 29.8 Å². The second-order valence-electron chi connectivity index (χ2n) is 10.8. The highest BCUT2D eigenvalue weighted by Crippen LogP contribution is 2.34. The molecule has 0 N–H and O–H groups in total. The number of rotatable bonds is 9. The quantitative estimate of drug-likeness (QED) is 0.104. The highest BCUT2D eigenvalue weighted by Gasteiger charge is 2.33. The summed E-state index contributed by atoms with van der Waals surface area (Å²) < 4.78 is 64.0. The van der Waals surface area contributed by atoms with E-state index in [1.165, 1.54) is 70.4 Å². The third kappa shape index (κ3) is 7.18. The SMILES string of the molecule is CN(C[C@H](c1ccc(-c2c(-n3cnnn3)ccc(Cl)c2F)c[n+]1[O-])n1cc(-c2ccnc(C(F)(F)F)c2)cn1)C(=O)OCc1ccccc1. The van der Waals surface area contributed by atoms with Crippen LogP contribution in [0.1, 0.15) is 23.0 Å². The van der Waals surface area contributed by atoms with Crippen LogP contribution >= 0.6 is 11.6 Å². The normalized spacial score (nSPS) is 12.1. The highest BCUT2D eigenvalue weighted by molar-refractivity contribution is 6.31. The fraction of sp³-hybridized carbons (Fsp3) is 0.156. The van der Waals surface area contributed by atoms with Crippen molar-refractivity contribution < 1.29 is 31.8 Å². The molecular weight excluding hydrogens is 670 g/mol. The summed E-state index contributed by atoms with van der Waals surface area (Å²) in [5.41, 5.74) is 0.522. The van der Waals surface area contributed by atoms with Crippen molar-refractivity contribution in [1.82, 2.24) is 39.9 Å². The summed E-state index contributed by atoms with van der Waals surface area (Å²) in [6.45, 7) is -0.156. The van der Waals surface area contributed by atoms with E-state index in [2.05, 4.69) is 25.6 Å². The predicted molar refractivity (Wildman–Crippen MR) is 166 cm³/mol. The van der Waals surface area contributed by atoms with Crippen molar-refractivity contribution in [2.24, 2.45) is 0 Å². The van der Waals surface area contributed by atoms with Crippen molar-refractivity contribution in [1.29, 1.82) is 0 Å². The predicted octanol–water partition coefficient (Wildman–Crippen LogP) is 5.89. The fourth-order valence-corrected chi connectivity index (χ4v) is 5.23. The van der Waals surface area contributed by atoms with Gasteiger partial charge in [-0.15, -0.1) is 5.10 Å². The average molecular weight is 694 g/mol. The Hall–Kier alpha value is -5.90. The van der Waals surface area contributed by atoms with Crippen molar-refractivity contribution in [3.8, 4) is 27.9 Å². The van der Waals surface area contributed by atoms with E-state index in [0.717, 1.165) is 24.0 Å². The summed E-state index contributed by atoms with van der Waals surface area (Å²) in [5.74, 6) is -0.813. The second-order valence-corrected chi connectivity index (χ2v) is 11.2. The number of pyridine rings is 2. The van der Waals surface area contributed by atoms with Crippen LogP contribution in [-0.4, -0.2) is 59.6 Å². The third-order valence-electron chi connectivity index (χ3n) is 7.51. The molecule has 17 heteroatoms. The lowest BCUT2D eigenvalue weighted by atomic mass is 10.0. The lowest BCUT2D eigenvalue weighted by Gasteiger charge is -2.24. The molecule has 4 heterocycles. The van der Waals surface area contributed by atoms with Crippen molar-refractivity contribution in [3.63, 3.8) is 0 Å². The van der Waals surface area contributed by atoms with Crippen LogP contribution in [-0.2, 0) is 17.5 Å². The molecule has 12 nitrogen and oxygen atoms in total. The molecule has 4 aromatic heterocycles. The number of aromatic nitrogens is 8. The first-order chi connectivity index (χ1) is 23.5. The zero-order chi connectivity index (χ0) is 34.7. The van der Waals surface area contributed by atoms with Crippen LogP contribution in [0.15, 0.2) is 97.8 Å². The molecule has 2 aromatic carbocycles. The first kappa shape index (κ1) is 33.0. The Morgan fingerprint density at radius 2 is 1.88 bits per heavy atom. The molecule has 49 heavy (non-hydrogen) atoms. The van der Waals surface area contributed by atoms with E-state index >= 15 is 4.39 Å². The van der Waals surface area contributed by atoms with Crippen molar-refractivity contribution in [2.45, 2.75) is 18.8 Å². The van der Waals surface area contributed by atoms with Gasteiger partial charge in [0.25, 0.3) is 0 Å². The number of carbonyl (C=O) groups excluding carboxylic acids is 1. The molecule has 0 unspecified atom stereocenters. The number of hydrogen-bond donors (Lipinski definition) is 0. The van der Waals surface area contributed by atoms with Crippen LogP contribution in [0.25, 0.3) is 27.9 Å². The highest BCUT2D eigenvalue weighted by atomic mass is 35.5. The fourth-order valence-electron chi connectivity index (χ4n) is 5.07. The first-order valence-electron chi connectivity index (χ1n) is 14.4. The molecule has 0 bridgehead atoms. The van der Waals surface area contributed by atoms with Gasteiger partial charge in [-0.1, -0.05) is 41.9 Å². The summed E-state index contributed by atoms with van der Waals surface area (Å²) in [6, 6.07) is 16.0. The number of ether oxygens (including phenoxy) is 1. The third-order valence-corrected chi connectivity index (χ3v) is 7.80. The van der Waals surface area contributed by atoms with Crippen LogP contribution in [0.3, 0.4) is 0 Å². The maximum absolute atomic E-state index is 15.4. The number of tetrazole rings is 1. The largest absolute Gasteiger partial charge is 0.618 e. The van der Waals surface area contributed by atoms with Gasteiger partial charge in [-0.3, -0.25) is 9.67 Å². The molecule has 0 radical (unpaired) electrons. The number of amides is 1. The number of nitrogens with zero attached hydrogens (tertiary/aromatic N) is 9. The summed E-state index contributed by atoms with van der Waals surface area (Å²) in [4.78, 5) is 17.7. The number of hydrogen-bond acceptors (Lipinski definition) is 8. The van der Waals surface area contributed by atoms with Gasteiger partial charge in [0.1, 0.15) is 18.6 Å². The zero-order valence-corrected chi connectivity index (χ0v) is 26.1. The lowest BCUT2D eigenvalue weighted by Crippen LogP contribution is -2.41. The molecule has 6 rings (SSSR count). The molecule has 0 aliphatic heterocycles. The van der Waals surface area contributed by atoms with Gasteiger partial charge in [0.15, 0.2) is 18.1 Å². The minimum absolute atomic E-state index is 0.00471. The Morgan fingerprint density at radius 1 is 1.08 bits per heavy atom. The topological polar surface area (TPSA) is 131 Å². The van der Waals surface area contributed by atoms with Gasteiger partial charge in [-0.2, -0.15) is 27.7 Å². The summed E-state index contributed by atoms with van der Waals surface area (Å²) in [5, 5.41) is 28.9. The molecule has 0 saturated carbocycles. The van der Waals surface area contributed by atoms with Gasteiger partial charge in [0, 0.05) is 31.1 Å². The lowest BCUT2D eigenvalue weighted by molar-refractivity contribution is -0.615. The standard InChI is InChI=1S/C32H24ClF4N9O3/c1-43(31(47)49-18-20-5-3-2-4-6-20)17-27(44-15-23(14-40-44)21-11-12-38-28(13-21)32(35,36)37)25-9-7-22(16-46(25)48)29-26(45-19-39-41-42-45)10-8-24(33)30(29)34/h2-16,19,27H,17-18H2,1H3/t27-/m1/s1. The molecule has 0 fully saturated rings. The molecule has 0 saturated heterocycles.